The molecule has 0 aliphatic heterocycles. The number of rotatable bonds is 5. The predicted octanol–water partition coefficient (Wildman–Crippen LogP) is 2.38. The van der Waals surface area contributed by atoms with Gasteiger partial charge in [-0.3, -0.25) is 4.79 Å². The SMILES string of the molecule is CC(C)CC(N)C(=O)N[C@@H](C)c1cccc(F)c1. The molecular weight excluding hydrogens is 231 g/mol. The number of benzene rings is 1. The molecule has 0 aliphatic carbocycles. The Morgan fingerprint density at radius 2 is 2.06 bits per heavy atom. The van der Waals surface area contributed by atoms with Crippen LogP contribution in [0.2, 0.25) is 0 Å². The molecule has 1 aromatic carbocycles. The molecule has 4 heteroatoms. The minimum atomic E-state index is -0.513. The van der Waals surface area contributed by atoms with Gasteiger partial charge in [-0.1, -0.05) is 26.0 Å². The molecule has 0 aliphatic rings. The molecule has 1 amide bonds. The number of nitrogens with one attached hydrogen (secondary N) is 1. The molecule has 0 bridgehead atoms. The van der Waals surface area contributed by atoms with E-state index < -0.39 is 6.04 Å². The van der Waals surface area contributed by atoms with Gasteiger partial charge in [-0.05, 0) is 37.0 Å². The lowest BCUT2D eigenvalue weighted by Gasteiger charge is -2.19. The first-order valence-corrected chi connectivity index (χ1v) is 6.21. The number of hydrogen-bond donors (Lipinski definition) is 2. The van der Waals surface area contributed by atoms with E-state index in [-0.39, 0.29) is 17.8 Å². The standard InChI is InChI=1S/C14H21FN2O/c1-9(2)7-13(16)14(18)17-10(3)11-5-4-6-12(15)8-11/h4-6,8-10,13H,7,16H2,1-3H3,(H,17,18)/t10-,13?/m0/s1. The maximum Gasteiger partial charge on any atom is 0.237 e. The van der Waals surface area contributed by atoms with Gasteiger partial charge < -0.3 is 11.1 Å². The maximum absolute atomic E-state index is 13.1. The van der Waals surface area contributed by atoms with Crippen LogP contribution in [0, 0.1) is 11.7 Å². The number of nitrogens with two attached hydrogens (primary N) is 1. The van der Waals surface area contributed by atoms with E-state index in [0.29, 0.717) is 12.3 Å². The molecule has 0 aromatic heterocycles. The van der Waals surface area contributed by atoms with E-state index in [1.54, 1.807) is 12.1 Å². The summed E-state index contributed by atoms with van der Waals surface area (Å²) in [5, 5.41) is 2.80. The average Bonchev–Trinajstić information content (AvgIpc) is 2.27. The summed E-state index contributed by atoms with van der Waals surface area (Å²) >= 11 is 0. The van der Waals surface area contributed by atoms with E-state index in [1.165, 1.54) is 12.1 Å². The van der Waals surface area contributed by atoms with E-state index in [4.69, 9.17) is 5.73 Å². The third-order valence-electron chi connectivity index (χ3n) is 2.77. The minimum absolute atomic E-state index is 0.194. The normalized spacial score (nSPS) is 14.3. The van der Waals surface area contributed by atoms with Crippen molar-refractivity contribution in [1.29, 1.82) is 0 Å². The fraction of sp³-hybridized carbons (Fsp3) is 0.500. The van der Waals surface area contributed by atoms with E-state index in [2.05, 4.69) is 5.32 Å². The van der Waals surface area contributed by atoms with Gasteiger partial charge in [0.2, 0.25) is 5.91 Å². The van der Waals surface area contributed by atoms with E-state index in [9.17, 15) is 9.18 Å². The molecule has 0 fully saturated rings. The number of carbonyl (C=O) groups is 1. The highest BCUT2D eigenvalue weighted by Gasteiger charge is 2.17. The molecule has 1 unspecified atom stereocenters. The zero-order valence-electron chi connectivity index (χ0n) is 11.1. The van der Waals surface area contributed by atoms with Crippen LogP contribution in [0.4, 0.5) is 4.39 Å². The van der Waals surface area contributed by atoms with Gasteiger partial charge in [0.05, 0.1) is 12.1 Å². The number of carbonyl (C=O) groups excluding carboxylic acids is 1. The summed E-state index contributed by atoms with van der Waals surface area (Å²) < 4.78 is 13.1. The molecule has 0 radical (unpaired) electrons. The summed E-state index contributed by atoms with van der Waals surface area (Å²) in [5.41, 5.74) is 6.52. The van der Waals surface area contributed by atoms with Crippen molar-refractivity contribution < 1.29 is 9.18 Å². The van der Waals surface area contributed by atoms with Crippen molar-refractivity contribution >= 4 is 5.91 Å². The highest BCUT2D eigenvalue weighted by molar-refractivity contribution is 5.81. The molecule has 0 heterocycles. The van der Waals surface area contributed by atoms with Crippen molar-refractivity contribution in [3.05, 3.63) is 35.6 Å². The van der Waals surface area contributed by atoms with Crippen LogP contribution in [-0.4, -0.2) is 11.9 Å². The number of hydrogen-bond acceptors (Lipinski definition) is 2. The lowest BCUT2D eigenvalue weighted by atomic mass is 10.0. The molecule has 0 spiro atoms. The molecule has 1 rings (SSSR count). The topological polar surface area (TPSA) is 55.1 Å². The van der Waals surface area contributed by atoms with Crippen LogP contribution in [-0.2, 0) is 4.79 Å². The maximum atomic E-state index is 13.1. The molecule has 0 saturated carbocycles. The van der Waals surface area contributed by atoms with Gasteiger partial charge in [0, 0.05) is 0 Å². The second-order valence-corrected chi connectivity index (χ2v) is 5.02. The van der Waals surface area contributed by atoms with Crippen LogP contribution in [0.3, 0.4) is 0 Å². The molecular formula is C14H21FN2O. The van der Waals surface area contributed by atoms with Crippen LogP contribution in [0.5, 0.6) is 0 Å². The Bertz CT molecular complexity index is 407. The van der Waals surface area contributed by atoms with E-state index >= 15 is 0 Å². The van der Waals surface area contributed by atoms with Gasteiger partial charge in [0.15, 0.2) is 0 Å². The van der Waals surface area contributed by atoms with Crippen molar-refractivity contribution in [2.45, 2.75) is 39.3 Å². The fourth-order valence-electron chi connectivity index (χ4n) is 1.79. The Labute approximate surface area is 108 Å². The molecule has 100 valence electrons. The third-order valence-corrected chi connectivity index (χ3v) is 2.77. The Hall–Kier alpha value is -1.42. The Balaban J connectivity index is 2.59. The largest absolute Gasteiger partial charge is 0.348 e. The van der Waals surface area contributed by atoms with E-state index in [0.717, 1.165) is 5.56 Å². The summed E-state index contributed by atoms with van der Waals surface area (Å²) in [5.74, 6) is -0.129. The van der Waals surface area contributed by atoms with Crippen molar-refractivity contribution in [2.75, 3.05) is 0 Å². The van der Waals surface area contributed by atoms with Crippen molar-refractivity contribution in [3.63, 3.8) is 0 Å². The Morgan fingerprint density at radius 1 is 1.39 bits per heavy atom. The summed E-state index contributed by atoms with van der Waals surface area (Å²) in [6.07, 6.45) is 0.641. The zero-order chi connectivity index (χ0) is 13.7. The van der Waals surface area contributed by atoms with Crippen LogP contribution in [0.1, 0.15) is 38.8 Å². The first-order valence-electron chi connectivity index (χ1n) is 6.21. The molecule has 0 saturated heterocycles. The summed E-state index contributed by atoms with van der Waals surface area (Å²) in [6.45, 7) is 5.85. The lowest BCUT2D eigenvalue weighted by Crippen LogP contribution is -2.42. The van der Waals surface area contributed by atoms with Crippen molar-refractivity contribution in [1.82, 2.24) is 5.32 Å². The summed E-state index contributed by atoms with van der Waals surface area (Å²) in [7, 11) is 0. The third kappa shape index (κ3) is 4.45. The van der Waals surface area contributed by atoms with Crippen molar-refractivity contribution in [2.24, 2.45) is 11.7 Å². The van der Waals surface area contributed by atoms with E-state index in [1.807, 2.05) is 20.8 Å². The molecule has 3 N–H and O–H groups in total. The molecule has 3 nitrogen and oxygen atoms in total. The van der Waals surface area contributed by atoms with Gasteiger partial charge in [0.25, 0.3) is 0 Å². The number of amides is 1. The highest BCUT2D eigenvalue weighted by atomic mass is 19.1. The zero-order valence-corrected chi connectivity index (χ0v) is 11.1. The van der Waals surface area contributed by atoms with Gasteiger partial charge >= 0.3 is 0 Å². The van der Waals surface area contributed by atoms with Crippen LogP contribution >= 0.6 is 0 Å². The minimum Gasteiger partial charge on any atom is -0.348 e. The monoisotopic (exact) mass is 252 g/mol. The summed E-state index contributed by atoms with van der Waals surface area (Å²) in [6, 6.07) is 5.44. The molecule has 18 heavy (non-hydrogen) atoms. The average molecular weight is 252 g/mol. The van der Waals surface area contributed by atoms with Crippen molar-refractivity contribution in [3.8, 4) is 0 Å². The second-order valence-electron chi connectivity index (χ2n) is 5.02. The lowest BCUT2D eigenvalue weighted by molar-refractivity contribution is -0.123. The highest BCUT2D eigenvalue weighted by Crippen LogP contribution is 2.14. The number of halogens is 1. The first kappa shape index (κ1) is 14.6. The van der Waals surface area contributed by atoms with Crippen LogP contribution < -0.4 is 11.1 Å². The Morgan fingerprint density at radius 3 is 2.61 bits per heavy atom. The smallest absolute Gasteiger partial charge is 0.237 e. The Kier molecular flexibility index (Phi) is 5.28. The van der Waals surface area contributed by atoms with Gasteiger partial charge in [0.1, 0.15) is 5.82 Å². The van der Waals surface area contributed by atoms with Crippen LogP contribution in [0.15, 0.2) is 24.3 Å². The fourth-order valence-corrected chi connectivity index (χ4v) is 1.79. The first-order chi connectivity index (χ1) is 8.40. The van der Waals surface area contributed by atoms with Gasteiger partial charge in [-0.25, -0.2) is 4.39 Å². The van der Waals surface area contributed by atoms with Crippen LogP contribution in [0.25, 0.3) is 0 Å². The quantitative estimate of drug-likeness (QED) is 0.845. The molecule has 2 atom stereocenters. The van der Waals surface area contributed by atoms with Gasteiger partial charge in [-0.2, -0.15) is 0 Å². The second kappa shape index (κ2) is 6.50. The molecule has 1 aromatic rings. The van der Waals surface area contributed by atoms with Gasteiger partial charge in [-0.15, -0.1) is 0 Å². The summed E-state index contributed by atoms with van der Waals surface area (Å²) in [4.78, 5) is 11.8. The predicted molar refractivity (Wildman–Crippen MR) is 70.4 cm³/mol.